The molecule has 0 aromatic heterocycles. The molecule has 5 rings (SSSR count). The molecule has 9 nitrogen and oxygen atoms in total. The highest BCUT2D eigenvalue weighted by Crippen LogP contribution is 2.31. The quantitative estimate of drug-likeness (QED) is 0.402. The Bertz CT molecular complexity index is 1390. The zero-order chi connectivity index (χ0) is 28.9. The molecule has 41 heavy (non-hydrogen) atoms. The summed E-state index contributed by atoms with van der Waals surface area (Å²) in [5.41, 5.74) is 2.59. The molecule has 10 heteroatoms. The van der Waals surface area contributed by atoms with E-state index in [2.05, 4.69) is 5.32 Å². The average Bonchev–Trinajstić information content (AvgIpc) is 3.30. The highest BCUT2D eigenvalue weighted by molar-refractivity contribution is 6.31. The van der Waals surface area contributed by atoms with E-state index < -0.39 is 12.2 Å². The van der Waals surface area contributed by atoms with Crippen molar-refractivity contribution in [3.05, 3.63) is 101 Å². The van der Waals surface area contributed by atoms with Gasteiger partial charge in [0.25, 0.3) is 0 Å². The van der Waals surface area contributed by atoms with E-state index in [1.165, 1.54) is 0 Å². The van der Waals surface area contributed by atoms with Gasteiger partial charge in [-0.15, -0.1) is 0 Å². The molecular weight excluding hydrogens is 542 g/mol. The fourth-order valence-electron chi connectivity index (χ4n) is 5.50. The van der Waals surface area contributed by atoms with Gasteiger partial charge >= 0.3 is 6.03 Å². The van der Waals surface area contributed by atoms with Crippen LogP contribution in [0.4, 0.5) is 4.79 Å². The van der Waals surface area contributed by atoms with Crippen LogP contribution in [0.1, 0.15) is 30.0 Å². The SMILES string of the molecule is CCCN(C(=O)NCc1ccccc1)N1CC(=O)N2[C@@H](Cc3ccc(O)cc3)C(=O)N(Cc3ccccc3Cl)C[C@@H]21. The summed E-state index contributed by atoms with van der Waals surface area (Å²) in [6, 6.07) is 22.6. The van der Waals surface area contributed by atoms with Crippen LogP contribution in [0, 0.1) is 0 Å². The third kappa shape index (κ3) is 6.31. The van der Waals surface area contributed by atoms with Crippen LogP contribution < -0.4 is 5.32 Å². The molecular formula is C31H34ClN5O4. The number of nitrogens with zero attached hydrogens (tertiary/aromatic N) is 4. The van der Waals surface area contributed by atoms with Crippen molar-refractivity contribution >= 4 is 29.4 Å². The lowest BCUT2D eigenvalue weighted by Gasteiger charge is -2.46. The van der Waals surface area contributed by atoms with Crippen molar-refractivity contribution in [2.45, 2.75) is 45.1 Å². The number of aromatic hydroxyl groups is 1. The number of nitrogens with one attached hydrogen (secondary N) is 1. The Labute approximate surface area is 244 Å². The van der Waals surface area contributed by atoms with E-state index in [0.29, 0.717) is 24.5 Å². The second-order valence-electron chi connectivity index (χ2n) is 10.3. The van der Waals surface area contributed by atoms with Crippen LogP contribution in [-0.2, 0) is 29.1 Å². The summed E-state index contributed by atoms with van der Waals surface area (Å²) in [6.07, 6.45) is 0.441. The molecule has 0 spiro atoms. The van der Waals surface area contributed by atoms with Gasteiger partial charge in [0.05, 0.1) is 13.1 Å². The minimum Gasteiger partial charge on any atom is -0.508 e. The van der Waals surface area contributed by atoms with Crippen LogP contribution in [0.25, 0.3) is 0 Å². The lowest BCUT2D eigenvalue weighted by Crippen LogP contribution is -2.66. The predicted molar refractivity (Wildman–Crippen MR) is 155 cm³/mol. The van der Waals surface area contributed by atoms with Crippen LogP contribution in [-0.4, -0.2) is 74.6 Å². The Morgan fingerprint density at radius 1 is 1.00 bits per heavy atom. The minimum atomic E-state index is -0.769. The molecule has 0 unspecified atom stereocenters. The number of carbonyl (C=O) groups excluding carboxylic acids is 3. The third-order valence-electron chi connectivity index (χ3n) is 7.52. The van der Waals surface area contributed by atoms with Crippen LogP contribution in [0.2, 0.25) is 5.02 Å². The molecule has 2 fully saturated rings. The Balaban J connectivity index is 1.44. The van der Waals surface area contributed by atoms with Crippen molar-refractivity contribution in [1.29, 1.82) is 0 Å². The molecule has 0 radical (unpaired) electrons. The van der Waals surface area contributed by atoms with Crippen molar-refractivity contribution in [3.63, 3.8) is 0 Å². The zero-order valence-electron chi connectivity index (χ0n) is 22.9. The molecule has 214 valence electrons. The molecule has 4 amide bonds. The Hall–Kier alpha value is -4.08. The summed E-state index contributed by atoms with van der Waals surface area (Å²) in [5.74, 6) is -0.261. The number of hydrogen-bond donors (Lipinski definition) is 2. The van der Waals surface area contributed by atoms with Gasteiger partial charge < -0.3 is 20.2 Å². The maximum absolute atomic E-state index is 13.9. The highest BCUT2D eigenvalue weighted by Gasteiger charge is 2.52. The molecule has 2 heterocycles. The average molecular weight is 576 g/mol. The fourth-order valence-corrected chi connectivity index (χ4v) is 5.70. The maximum Gasteiger partial charge on any atom is 0.332 e. The summed E-state index contributed by atoms with van der Waals surface area (Å²) in [4.78, 5) is 44.3. The lowest BCUT2D eigenvalue weighted by atomic mass is 10.00. The first-order valence-electron chi connectivity index (χ1n) is 13.8. The monoisotopic (exact) mass is 575 g/mol. The molecule has 2 saturated heterocycles. The Morgan fingerprint density at radius 3 is 2.41 bits per heavy atom. The van der Waals surface area contributed by atoms with Gasteiger partial charge in [0.1, 0.15) is 18.0 Å². The molecule has 3 aromatic carbocycles. The van der Waals surface area contributed by atoms with Gasteiger partial charge in [-0.05, 0) is 41.3 Å². The number of halogens is 1. The van der Waals surface area contributed by atoms with Gasteiger partial charge in [-0.2, -0.15) is 5.01 Å². The summed E-state index contributed by atoms with van der Waals surface area (Å²) in [6.45, 7) is 3.26. The van der Waals surface area contributed by atoms with Crippen LogP contribution >= 0.6 is 11.6 Å². The predicted octanol–water partition coefficient (Wildman–Crippen LogP) is 4.01. The number of piperazine rings is 1. The van der Waals surface area contributed by atoms with Crippen LogP contribution in [0.15, 0.2) is 78.9 Å². The largest absolute Gasteiger partial charge is 0.508 e. The minimum absolute atomic E-state index is 0.0112. The number of rotatable bonds is 9. The van der Waals surface area contributed by atoms with Crippen LogP contribution in [0.3, 0.4) is 0 Å². The highest BCUT2D eigenvalue weighted by atomic mass is 35.5. The summed E-state index contributed by atoms with van der Waals surface area (Å²) in [7, 11) is 0. The fraction of sp³-hybridized carbons (Fsp3) is 0.323. The van der Waals surface area contributed by atoms with Gasteiger partial charge in [0, 0.05) is 31.1 Å². The second-order valence-corrected chi connectivity index (χ2v) is 10.8. The molecule has 2 aliphatic rings. The molecule has 2 N–H and O–H groups in total. The Morgan fingerprint density at radius 2 is 1.71 bits per heavy atom. The lowest BCUT2D eigenvalue weighted by molar-refractivity contribution is -0.157. The molecule has 3 aromatic rings. The number of hydrogen-bond acceptors (Lipinski definition) is 5. The molecule has 0 aliphatic carbocycles. The zero-order valence-corrected chi connectivity index (χ0v) is 23.7. The smallest absolute Gasteiger partial charge is 0.332 e. The molecule has 2 aliphatic heterocycles. The maximum atomic E-state index is 13.9. The summed E-state index contributed by atoms with van der Waals surface area (Å²) in [5, 5.41) is 16.7. The van der Waals surface area contributed by atoms with E-state index >= 15 is 0 Å². The number of fused-ring (bicyclic) bond motifs is 1. The van der Waals surface area contributed by atoms with E-state index in [1.54, 1.807) is 50.1 Å². The summed E-state index contributed by atoms with van der Waals surface area (Å²) < 4.78 is 0. The van der Waals surface area contributed by atoms with E-state index in [1.807, 2.05) is 55.5 Å². The number of phenols is 1. The van der Waals surface area contributed by atoms with E-state index in [4.69, 9.17) is 11.6 Å². The van der Waals surface area contributed by atoms with E-state index in [-0.39, 0.29) is 49.7 Å². The number of benzene rings is 3. The number of phenolic OH excluding ortho intramolecular Hbond substituents is 1. The molecule has 0 bridgehead atoms. The van der Waals surface area contributed by atoms with Gasteiger partial charge in [0.15, 0.2) is 0 Å². The van der Waals surface area contributed by atoms with E-state index in [0.717, 1.165) is 16.7 Å². The van der Waals surface area contributed by atoms with Crippen molar-refractivity contribution in [3.8, 4) is 5.75 Å². The first-order valence-corrected chi connectivity index (χ1v) is 14.2. The van der Waals surface area contributed by atoms with Gasteiger partial charge in [-0.25, -0.2) is 4.79 Å². The van der Waals surface area contributed by atoms with Crippen molar-refractivity contribution in [2.24, 2.45) is 0 Å². The number of amides is 4. The topological polar surface area (TPSA) is 96.4 Å². The molecule has 0 saturated carbocycles. The number of hydrazine groups is 1. The molecule has 2 atom stereocenters. The van der Waals surface area contributed by atoms with Crippen molar-refractivity contribution < 1.29 is 19.5 Å². The van der Waals surface area contributed by atoms with Gasteiger partial charge in [-0.1, -0.05) is 79.2 Å². The normalized spacial score (nSPS) is 18.9. The van der Waals surface area contributed by atoms with Gasteiger partial charge in [0.2, 0.25) is 11.8 Å². The first-order chi connectivity index (χ1) is 19.9. The van der Waals surface area contributed by atoms with Crippen molar-refractivity contribution in [1.82, 2.24) is 25.1 Å². The third-order valence-corrected chi connectivity index (χ3v) is 7.89. The standard InChI is InChI=1S/C31H34ClN5O4/c1-2-16-35(31(41)33-18-23-8-4-3-5-9-23)36-21-29(39)37-27(17-22-12-14-25(38)15-13-22)30(40)34(20-28(36)37)19-24-10-6-7-11-26(24)32/h3-15,27-28,38H,2,16-21H2,1H3,(H,33,41)/t27-,28+/m0/s1. The van der Waals surface area contributed by atoms with E-state index in [9.17, 15) is 19.5 Å². The number of carbonyl (C=O) groups is 3. The second kappa shape index (κ2) is 12.6. The summed E-state index contributed by atoms with van der Waals surface area (Å²) >= 11 is 6.46. The van der Waals surface area contributed by atoms with Crippen molar-refractivity contribution in [2.75, 3.05) is 19.6 Å². The first kappa shape index (κ1) is 28.4. The van der Waals surface area contributed by atoms with Gasteiger partial charge in [-0.3, -0.25) is 14.6 Å². The number of urea groups is 1. The Kier molecular flexibility index (Phi) is 8.75. The van der Waals surface area contributed by atoms with Crippen LogP contribution in [0.5, 0.6) is 5.75 Å².